The molecular formula is C9H7BrN2O. The molecule has 0 aliphatic carbocycles. The number of aromatic nitrogens is 2. The summed E-state index contributed by atoms with van der Waals surface area (Å²) in [6.45, 7) is 1.53. The minimum absolute atomic E-state index is 0.0306. The molecule has 0 saturated carbocycles. The Labute approximate surface area is 83.3 Å². The van der Waals surface area contributed by atoms with Crippen molar-refractivity contribution in [2.75, 3.05) is 0 Å². The van der Waals surface area contributed by atoms with Crippen LogP contribution in [0.2, 0.25) is 0 Å². The molecule has 0 aliphatic rings. The number of fused-ring (bicyclic) bond motifs is 1. The summed E-state index contributed by atoms with van der Waals surface area (Å²) in [6.07, 6.45) is 3.42. The monoisotopic (exact) mass is 238 g/mol. The van der Waals surface area contributed by atoms with E-state index in [1.807, 2.05) is 0 Å². The highest BCUT2D eigenvalue weighted by atomic mass is 79.9. The van der Waals surface area contributed by atoms with Crippen molar-refractivity contribution in [1.82, 2.24) is 9.97 Å². The molecule has 0 spiro atoms. The van der Waals surface area contributed by atoms with Crippen LogP contribution >= 0.6 is 15.9 Å². The van der Waals surface area contributed by atoms with Crippen molar-refractivity contribution in [2.45, 2.75) is 6.92 Å². The number of nitrogens with zero attached hydrogens (tertiary/aromatic N) is 1. The molecule has 2 rings (SSSR count). The maximum Gasteiger partial charge on any atom is 0.175 e. The van der Waals surface area contributed by atoms with E-state index >= 15 is 0 Å². The summed E-state index contributed by atoms with van der Waals surface area (Å²) in [5.74, 6) is 0.0306. The molecule has 0 unspecified atom stereocenters. The van der Waals surface area contributed by atoms with E-state index < -0.39 is 0 Å². The van der Waals surface area contributed by atoms with Gasteiger partial charge in [-0.2, -0.15) is 0 Å². The number of nitrogens with one attached hydrogen (secondary N) is 1. The molecule has 3 nitrogen and oxygen atoms in total. The summed E-state index contributed by atoms with van der Waals surface area (Å²) in [7, 11) is 0. The molecule has 0 amide bonds. The molecular weight excluding hydrogens is 232 g/mol. The predicted molar refractivity (Wildman–Crippen MR) is 53.8 cm³/mol. The van der Waals surface area contributed by atoms with Crippen LogP contribution in [0.4, 0.5) is 0 Å². The minimum Gasteiger partial charge on any atom is -0.351 e. The molecule has 2 heterocycles. The lowest BCUT2D eigenvalue weighted by Crippen LogP contribution is -1.89. The zero-order chi connectivity index (χ0) is 9.42. The number of aromatic amines is 1. The molecule has 2 aromatic rings. The van der Waals surface area contributed by atoms with Crippen LogP contribution in [0, 0.1) is 0 Å². The first-order chi connectivity index (χ1) is 6.18. The molecule has 13 heavy (non-hydrogen) atoms. The first-order valence-electron chi connectivity index (χ1n) is 3.81. The van der Waals surface area contributed by atoms with Crippen LogP contribution in [0.5, 0.6) is 0 Å². The number of ketones is 1. The summed E-state index contributed by atoms with van der Waals surface area (Å²) in [5.41, 5.74) is 1.53. The third-order valence-electron chi connectivity index (χ3n) is 1.87. The number of halogens is 1. The van der Waals surface area contributed by atoms with Gasteiger partial charge in [0.1, 0.15) is 0 Å². The number of pyridine rings is 1. The number of rotatable bonds is 1. The zero-order valence-corrected chi connectivity index (χ0v) is 8.55. The fraction of sp³-hybridized carbons (Fsp3) is 0.111. The second kappa shape index (κ2) is 2.96. The van der Waals surface area contributed by atoms with Gasteiger partial charge < -0.3 is 4.98 Å². The van der Waals surface area contributed by atoms with Gasteiger partial charge in [0.15, 0.2) is 5.78 Å². The second-order valence-corrected chi connectivity index (χ2v) is 3.68. The number of carbonyl (C=O) groups excluding carboxylic acids is 1. The third-order valence-corrected chi connectivity index (χ3v) is 2.47. The van der Waals surface area contributed by atoms with Gasteiger partial charge in [0.05, 0.1) is 15.7 Å². The summed E-state index contributed by atoms with van der Waals surface area (Å²) in [5, 5.41) is 0.944. The number of H-pyrrole nitrogens is 1. The minimum atomic E-state index is 0.0306. The fourth-order valence-corrected chi connectivity index (χ4v) is 1.65. The number of carbonyl (C=O) groups is 1. The quantitative estimate of drug-likeness (QED) is 0.777. The van der Waals surface area contributed by atoms with Gasteiger partial charge in [0.25, 0.3) is 0 Å². The standard InChI is InChI=1S/C9H7BrN2O/c1-5(13)8-2-6-3-11-4-7(10)9(6)12-8/h2-4,12H,1H3. The Bertz CT molecular complexity index is 475. The Morgan fingerprint density at radius 2 is 2.31 bits per heavy atom. The van der Waals surface area contributed by atoms with Crippen molar-refractivity contribution < 1.29 is 4.79 Å². The van der Waals surface area contributed by atoms with Gasteiger partial charge in [0.2, 0.25) is 0 Å². The van der Waals surface area contributed by atoms with Crippen LogP contribution < -0.4 is 0 Å². The predicted octanol–water partition coefficient (Wildman–Crippen LogP) is 2.53. The van der Waals surface area contributed by atoms with E-state index in [0.29, 0.717) is 5.69 Å². The lowest BCUT2D eigenvalue weighted by atomic mass is 10.3. The van der Waals surface area contributed by atoms with Crippen LogP contribution in [0.25, 0.3) is 10.9 Å². The summed E-state index contributed by atoms with van der Waals surface area (Å²) in [6, 6.07) is 1.80. The first-order valence-corrected chi connectivity index (χ1v) is 4.61. The Morgan fingerprint density at radius 1 is 1.54 bits per heavy atom. The molecule has 0 aromatic carbocycles. The highest BCUT2D eigenvalue weighted by Crippen LogP contribution is 2.22. The van der Waals surface area contributed by atoms with Crippen molar-refractivity contribution in [1.29, 1.82) is 0 Å². The maximum absolute atomic E-state index is 11.1. The van der Waals surface area contributed by atoms with Gasteiger partial charge in [-0.3, -0.25) is 9.78 Å². The second-order valence-electron chi connectivity index (χ2n) is 2.82. The van der Waals surface area contributed by atoms with E-state index in [0.717, 1.165) is 15.4 Å². The maximum atomic E-state index is 11.1. The van der Waals surface area contributed by atoms with Gasteiger partial charge in [-0.15, -0.1) is 0 Å². The largest absolute Gasteiger partial charge is 0.351 e. The van der Waals surface area contributed by atoms with Crippen LogP contribution in [-0.2, 0) is 0 Å². The Morgan fingerprint density at radius 3 is 2.92 bits per heavy atom. The lowest BCUT2D eigenvalue weighted by Gasteiger charge is -1.90. The summed E-state index contributed by atoms with van der Waals surface area (Å²) < 4.78 is 0.873. The normalized spacial score (nSPS) is 10.6. The van der Waals surface area contributed by atoms with Gasteiger partial charge in [0, 0.05) is 24.7 Å². The van der Waals surface area contributed by atoms with Gasteiger partial charge >= 0.3 is 0 Å². The van der Waals surface area contributed by atoms with E-state index in [-0.39, 0.29) is 5.78 Å². The Hall–Kier alpha value is -1.16. The summed E-state index contributed by atoms with van der Waals surface area (Å²) in [4.78, 5) is 18.1. The molecule has 1 N–H and O–H groups in total. The van der Waals surface area contributed by atoms with Crippen LogP contribution in [0.3, 0.4) is 0 Å². The van der Waals surface area contributed by atoms with Crippen molar-refractivity contribution in [3.63, 3.8) is 0 Å². The van der Waals surface area contributed by atoms with Crippen molar-refractivity contribution in [3.05, 3.63) is 28.6 Å². The van der Waals surface area contributed by atoms with E-state index in [9.17, 15) is 4.79 Å². The highest BCUT2D eigenvalue weighted by molar-refractivity contribution is 9.10. The molecule has 0 saturated heterocycles. The van der Waals surface area contributed by atoms with Crippen LogP contribution in [0.15, 0.2) is 22.9 Å². The van der Waals surface area contributed by atoms with Gasteiger partial charge in [-0.25, -0.2) is 0 Å². The molecule has 0 atom stereocenters. The van der Waals surface area contributed by atoms with Gasteiger partial charge in [-0.1, -0.05) is 0 Å². The van der Waals surface area contributed by atoms with Crippen molar-refractivity contribution in [2.24, 2.45) is 0 Å². The molecule has 2 aromatic heterocycles. The first kappa shape index (κ1) is 8.44. The zero-order valence-electron chi connectivity index (χ0n) is 6.97. The average Bonchev–Trinajstić information content (AvgIpc) is 2.49. The number of hydrogen-bond acceptors (Lipinski definition) is 2. The molecule has 66 valence electrons. The topological polar surface area (TPSA) is 45.8 Å². The van der Waals surface area contributed by atoms with Gasteiger partial charge in [-0.05, 0) is 22.0 Å². The van der Waals surface area contributed by atoms with Crippen LogP contribution in [-0.4, -0.2) is 15.8 Å². The van der Waals surface area contributed by atoms with Crippen molar-refractivity contribution in [3.8, 4) is 0 Å². The molecule has 0 fully saturated rings. The van der Waals surface area contributed by atoms with E-state index in [4.69, 9.17) is 0 Å². The van der Waals surface area contributed by atoms with Crippen molar-refractivity contribution >= 4 is 32.6 Å². The Balaban J connectivity index is 2.75. The lowest BCUT2D eigenvalue weighted by molar-refractivity contribution is 0.101. The molecule has 0 bridgehead atoms. The fourth-order valence-electron chi connectivity index (χ4n) is 1.21. The molecule has 0 radical (unpaired) electrons. The molecule has 0 aliphatic heterocycles. The number of hydrogen-bond donors (Lipinski definition) is 1. The van der Waals surface area contributed by atoms with Crippen LogP contribution in [0.1, 0.15) is 17.4 Å². The smallest absolute Gasteiger partial charge is 0.175 e. The van der Waals surface area contributed by atoms with E-state index in [2.05, 4.69) is 25.9 Å². The highest BCUT2D eigenvalue weighted by Gasteiger charge is 2.06. The number of Topliss-reactive ketones (excluding diaryl/α,β-unsaturated/α-hetero) is 1. The summed E-state index contributed by atoms with van der Waals surface area (Å²) >= 11 is 3.35. The Kier molecular flexibility index (Phi) is 1.92. The third kappa shape index (κ3) is 1.37. The SMILES string of the molecule is CC(=O)c1cc2cncc(Br)c2[nH]1. The average molecular weight is 239 g/mol. The molecule has 4 heteroatoms. The van der Waals surface area contributed by atoms with E-state index in [1.165, 1.54) is 6.92 Å². The van der Waals surface area contributed by atoms with E-state index in [1.54, 1.807) is 18.5 Å².